The number of amides is 1. The normalized spacial score (nSPS) is 11.0. The number of hydrogen-bond acceptors (Lipinski definition) is 6. The zero-order valence-corrected chi connectivity index (χ0v) is 16.8. The third kappa shape index (κ3) is 4.64. The van der Waals surface area contributed by atoms with E-state index in [1.54, 1.807) is 4.90 Å². The Hall–Kier alpha value is -3.72. The van der Waals surface area contributed by atoms with E-state index in [1.807, 2.05) is 37.3 Å². The Balaban J connectivity index is 1.79. The third-order valence-corrected chi connectivity index (χ3v) is 5.50. The van der Waals surface area contributed by atoms with Crippen molar-refractivity contribution >= 4 is 27.4 Å². The van der Waals surface area contributed by atoms with Crippen LogP contribution in [-0.4, -0.2) is 25.8 Å². The Bertz CT molecular complexity index is 1160. The number of rotatable bonds is 7. The molecule has 0 bridgehead atoms. The highest BCUT2D eigenvalue weighted by Crippen LogP contribution is 2.23. The van der Waals surface area contributed by atoms with Gasteiger partial charge in [-0.3, -0.25) is 14.9 Å². The lowest BCUT2D eigenvalue weighted by Crippen LogP contribution is -2.30. The molecule has 154 valence electrons. The number of carbonyl (C=O) groups excluding carboxylic acids is 1. The smallest absolute Gasteiger partial charge is 0.339 e. The minimum Gasteiger partial charge on any atom is -0.379 e. The zero-order chi connectivity index (χ0) is 21.7. The molecule has 1 amide bonds. The van der Waals surface area contributed by atoms with Gasteiger partial charge >= 0.3 is 10.1 Å². The molecule has 0 saturated carbocycles. The van der Waals surface area contributed by atoms with E-state index in [4.69, 9.17) is 4.18 Å². The summed E-state index contributed by atoms with van der Waals surface area (Å²) in [5.41, 5.74) is 0.751. The molecule has 0 radical (unpaired) electrons. The number of nitrogens with zero attached hydrogens (tertiary/aromatic N) is 2. The van der Waals surface area contributed by atoms with Gasteiger partial charge in [-0.25, -0.2) is 0 Å². The van der Waals surface area contributed by atoms with Gasteiger partial charge in [-0.15, -0.1) is 0 Å². The predicted molar refractivity (Wildman–Crippen MR) is 111 cm³/mol. The standard InChI is InChI=1S/C21H18N2O6S/c1-2-22(17-7-4-3-5-8-17)21(24)16-11-13-19(14-12-16)29-30(27,28)20-10-6-9-18(15-20)23(25)26/h3-15H,2H2,1H3. The molecule has 0 unspecified atom stereocenters. The highest BCUT2D eigenvalue weighted by Gasteiger charge is 2.21. The van der Waals surface area contributed by atoms with Crippen molar-refractivity contribution in [3.8, 4) is 5.75 Å². The Morgan fingerprint density at radius 1 is 1.00 bits per heavy atom. The summed E-state index contributed by atoms with van der Waals surface area (Å²) in [5, 5.41) is 10.9. The molecule has 0 aliphatic heterocycles. The second-order valence-corrected chi connectivity index (χ2v) is 7.75. The summed E-state index contributed by atoms with van der Waals surface area (Å²) in [6.45, 7) is 2.32. The second kappa shape index (κ2) is 8.75. The van der Waals surface area contributed by atoms with E-state index >= 15 is 0 Å². The van der Waals surface area contributed by atoms with Crippen molar-refractivity contribution in [1.82, 2.24) is 0 Å². The summed E-state index contributed by atoms with van der Waals surface area (Å²) in [6.07, 6.45) is 0. The average Bonchev–Trinajstić information content (AvgIpc) is 2.75. The van der Waals surface area contributed by atoms with Crippen LogP contribution in [0.15, 0.2) is 83.8 Å². The first kappa shape index (κ1) is 21.0. The van der Waals surface area contributed by atoms with Crippen molar-refractivity contribution in [1.29, 1.82) is 0 Å². The van der Waals surface area contributed by atoms with Crippen LogP contribution in [0.5, 0.6) is 5.75 Å². The van der Waals surface area contributed by atoms with Crippen molar-refractivity contribution in [2.45, 2.75) is 11.8 Å². The molecule has 9 heteroatoms. The summed E-state index contributed by atoms with van der Waals surface area (Å²) in [5.74, 6) is -0.252. The molecular formula is C21H18N2O6S. The molecular weight excluding hydrogens is 408 g/mol. The Morgan fingerprint density at radius 2 is 1.67 bits per heavy atom. The Kier molecular flexibility index (Phi) is 6.12. The fourth-order valence-electron chi connectivity index (χ4n) is 2.79. The van der Waals surface area contributed by atoms with Crippen molar-refractivity contribution < 1.29 is 22.3 Å². The van der Waals surface area contributed by atoms with Crippen LogP contribution < -0.4 is 9.08 Å². The first-order valence-electron chi connectivity index (χ1n) is 8.98. The lowest BCUT2D eigenvalue weighted by atomic mass is 10.1. The first-order chi connectivity index (χ1) is 14.3. The lowest BCUT2D eigenvalue weighted by Gasteiger charge is -2.21. The zero-order valence-electron chi connectivity index (χ0n) is 16.0. The van der Waals surface area contributed by atoms with Gasteiger partial charge in [0.05, 0.1) is 4.92 Å². The number of carbonyl (C=O) groups is 1. The molecule has 0 spiro atoms. The van der Waals surface area contributed by atoms with E-state index in [0.29, 0.717) is 12.1 Å². The van der Waals surface area contributed by atoms with Crippen molar-refractivity contribution in [3.63, 3.8) is 0 Å². The van der Waals surface area contributed by atoms with Gasteiger partial charge in [-0.1, -0.05) is 24.3 Å². The second-order valence-electron chi connectivity index (χ2n) is 6.20. The van der Waals surface area contributed by atoms with E-state index < -0.39 is 15.0 Å². The van der Waals surface area contributed by atoms with E-state index in [1.165, 1.54) is 42.5 Å². The van der Waals surface area contributed by atoms with Crippen LogP contribution in [0.2, 0.25) is 0 Å². The number of nitro benzene ring substituents is 1. The van der Waals surface area contributed by atoms with E-state index in [0.717, 1.165) is 11.8 Å². The SMILES string of the molecule is CCN(C(=O)c1ccc(OS(=O)(=O)c2cccc([N+](=O)[O-])c2)cc1)c1ccccc1. The van der Waals surface area contributed by atoms with Crippen LogP contribution in [0, 0.1) is 10.1 Å². The van der Waals surface area contributed by atoms with Gasteiger partial charge in [-0.2, -0.15) is 8.42 Å². The molecule has 3 aromatic rings. The van der Waals surface area contributed by atoms with Crippen LogP contribution in [0.4, 0.5) is 11.4 Å². The molecule has 0 aliphatic rings. The molecule has 8 nitrogen and oxygen atoms in total. The maximum absolute atomic E-state index is 12.8. The average molecular weight is 426 g/mol. The van der Waals surface area contributed by atoms with Crippen molar-refractivity contribution in [3.05, 3.63) is 94.5 Å². The number of para-hydroxylation sites is 1. The van der Waals surface area contributed by atoms with Crippen molar-refractivity contribution in [2.24, 2.45) is 0 Å². The molecule has 0 atom stereocenters. The highest BCUT2D eigenvalue weighted by molar-refractivity contribution is 7.87. The predicted octanol–water partition coefficient (Wildman–Crippen LogP) is 4.03. The van der Waals surface area contributed by atoms with E-state index in [2.05, 4.69) is 0 Å². The monoisotopic (exact) mass is 426 g/mol. The summed E-state index contributed by atoms with van der Waals surface area (Å²) >= 11 is 0. The molecule has 0 aliphatic carbocycles. The molecule has 3 aromatic carbocycles. The number of hydrogen-bond donors (Lipinski definition) is 0. The van der Waals surface area contributed by atoms with Gasteiger partial charge in [0, 0.05) is 29.9 Å². The maximum Gasteiger partial charge on any atom is 0.339 e. The Morgan fingerprint density at radius 3 is 2.27 bits per heavy atom. The summed E-state index contributed by atoms with van der Waals surface area (Å²) in [4.78, 5) is 24.2. The number of benzene rings is 3. The van der Waals surface area contributed by atoms with E-state index in [-0.39, 0.29) is 22.2 Å². The summed E-state index contributed by atoms with van der Waals surface area (Å²) in [7, 11) is -4.27. The number of non-ortho nitro benzene ring substituents is 1. The summed E-state index contributed by atoms with van der Waals surface area (Å²) in [6, 6.07) is 19.4. The third-order valence-electron chi connectivity index (χ3n) is 4.25. The van der Waals surface area contributed by atoms with Crippen LogP contribution in [0.25, 0.3) is 0 Å². The molecule has 0 saturated heterocycles. The fraction of sp³-hybridized carbons (Fsp3) is 0.0952. The van der Waals surface area contributed by atoms with Gasteiger partial charge in [0.15, 0.2) is 0 Å². The van der Waals surface area contributed by atoms with Gasteiger partial charge in [0.2, 0.25) is 0 Å². The van der Waals surface area contributed by atoms with Crippen LogP contribution >= 0.6 is 0 Å². The topological polar surface area (TPSA) is 107 Å². The summed E-state index contributed by atoms with van der Waals surface area (Å²) < 4.78 is 29.9. The van der Waals surface area contributed by atoms with Gasteiger partial charge < -0.3 is 9.08 Å². The maximum atomic E-state index is 12.8. The molecule has 3 rings (SSSR count). The number of nitro groups is 1. The largest absolute Gasteiger partial charge is 0.379 e. The quantitative estimate of drug-likeness (QED) is 0.321. The molecule has 30 heavy (non-hydrogen) atoms. The fourth-order valence-corrected chi connectivity index (χ4v) is 3.76. The van der Waals surface area contributed by atoms with Crippen LogP contribution in [-0.2, 0) is 10.1 Å². The minimum atomic E-state index is -4.27. The number of anilines is 1. The van der Waals surface area contributed by atoms with Gasteiger partial charge in [-0.05, 0) is 49.4 Å². The van der Waals surface area contributed by atoms with E-state index in [9.17, 15) is 23.3 Å². The van der Waals surface area contributed by atoms with Gasteiger partial charge in [0.1, 0.15) is 10.6 Å². The van der Waals surface area contributed by atoms with Crippen LogP contribution in [0.3, 0.4) is 0 Å². The van der Waals surface area contributed by atoms with Gasteiger partial charge in [0.25, 0.3) is 11.6 Å². The minimum absolute atomic E-state index is 0.0131. The lowest BCUT2D eigenvalue weighted by molar-refractivity contribution is -0.385. The molecule has 0 fully saturated rings. The molecule has 0 N–H and O–H groups in total. The molecule has 0 heterocycles. The molecule has 0 aromatic heterocycles. The van der Waals surface area contributed by atoms with Crippen molar-refractivity contribution in [2.75, 3.05) is 11.4 Å². The highest BCUT2D eigenvalue weighted by atomic mass is 32.2. The Labute approximate surface area is 173 Å². The first-order valence-corrected chi connectivity index (χ1v) is 10.4. The van der Waals surface area contributed by atoms with Crippen LogP contribution in [0.1, 0.15) is 17.3 Å².